The molecule has 0 aliphatic carbocycles. The number of primary amides is 1. The molecule has 0 bridgehead atoms. The van der Waals surface area contributed by atoms with Crippen LogP contribution in [0.2, 0.25) is 0 Å². The fourth-order valence-corrected chi connectivity index (χ4v) is 12.4. The van der Waals surface area contributed by atoms with Crippen LogP contribution in [0.25, 0.3) is 32.4 Å². The van der Waals surface area contributed by atoms with Crippen molar-refractivity contribution in [1.82, 2.24) is 42.2 Å². The maximum Gasteiger partial charge on any atom is 0.244 e. The number of aromatic hydroxyl groups is 1. The second-order valence-corrected chi connectivity index (χ2v) is 24.2. The number of hydrogen-bond acceptors (Lipinski definition) is 13. The number of carbonyl (C=O) groups excluding carboxylic acids is 8. The first-order valence-electron chi connectivity index (χ1n) is 28.3. The van der Waals surface area contributed by atoms with Crippen molar-refractivity contribution in [3.8, 4) is 5.75 Å². The van der Waals surface area contributed by atoms with E-state index < -0.39 is 102 Å². The summed E-state index contributed by atoms with van der Waals surface area (Å²) < 4.78 is 0. The topological polar surface area (TPSA) is 335 Å². The second-order valence-electron chi connectivity index (χ2n) is 21.7. The molecule has 15 N–H and O–H groups in total. The lowest BCUT2D eigenvalue weighted by atomic mass is 9.99. The van der Waals surface area contributed by atoms with Crippen molar-refractivity contribution in [3.05, 3.63) is 162 Å². The number of phenols is 1. The average Bonchev–Trinajstić information content (AvgIpc) is 4.02. The molecule has 0 radical (unpaired) electrons. The van der Waals surface area contributed by atoms with Gasteiger partial charge >= 0.3 is 0 Å². The van der Waals surface area contributed by atoms with Gasteiger partial charge < -0.3 is 64.5 Å². The molecule has 8 atom stereocenters. The van der Waals surface area contributed by atoms with Gasteiger partial charge in [0, 0.05) is 47.9 Å². The lowest BCUT2D eigenvalue weighted by molar-refractivity contribution is -0.136. The van der Waals surface area contributed by atoms with Gasteiger partial charge in [0.15, 0.2) is 0 Å². The first-order valence-corrected chi connectivity index (χ1v) is 30.8. The fraction of sp³-hybridized carbons (Fsp3) is 0.333. The van der Waals surface area contributed by atoms with E-state index >= 15 is 0 Å². The zero-order chi connectivity index (χ0) is 60.6. The van der Waals surface area contributed by atoms with Crippen molar-refractivity contribution >= 4 is 101 Å². The zero-order valence-corrected chi connectivity index (χ0v) is 48.9. The number of aromatic nitrogens is 1. The van der Waals surface area contributed by atoms with Crippen LogP contribution in [-0.2, 0) is 64.0 Å². The van der Waals surface area contributed by atoms with Crippen LogP contribution in [0, 0.1) is 5.92 Å². The molecule has 0 saturated carbocycles. The molecule has 20 nitrogen and oxygen atoms in total. The molecule has 0 unspecified atom stereocenters. The molecule has 1 aliphatic heterocycles. The molecule has 1 fully saturated rings. The summed E-state index contributed by atoms with van der Waals surface area (Å²) in [4.78, 5) is 119. The zero-order valence-electron chi connectivity index (χ0n) is 47.3. The van der Waals surface area contributed by atoms with Gasteiger partial charge in [0.2, 0.25) is 47.3 Å². The minimum atomic E-state index is -1.41. The molecule has 6 aromatic carbocycles. The van der Waals surface area contributed by atoms with Crippen molar-refractivity contribution in [3.63, 3.8) is 0 Å². The van der Waals surface area contributed by atoms with Crippen molar-refractivity contribution in [2.45, 2.75) is 107 Å². The van der Waals surface area contributed by atoms with Gasteiger partial charge in [-0.3, -0.25) is 38.4 Å². The highest BCUT2D eigenvalue weighted by Crippen LogP contribution is 2.26. The van der Waals surface area contributed by atoms with E-state index in [0.29, 0.717) is 29.5 Å². The lowest BCUT2D eigenvalue weighted by Gasteiger charge is -2.29. The van der Waals surface area contributed by atoms with Crippen molar-refractivity contribution in [2.75, 3.05) is 18.1 Å². The molecule has 1 saturated heterocycles. The summed E-state index contributed by atoms with van der Waals surface area (Å²) in [6.07, 6.45) is 2.56. The smallest absolute Gasteiger partial charge is 0.244 e. The number of phenolic OH excluding ortho intramolecular Hbond substituents is 1. The van der Waals surface area contributed by atoms with Gasteiger partial charge in [-0.25, -0.2) is 0 Å². The summed E-state index contributed by atoms with van der Waals surface area (Å²) in [6.45, 7) is 3.69. The summed E-state index contributed by atoms with van der Waals surface area (Å²) in [5.74, 6) is -7.08. The van der Waals surface area contributed by atoms with Crippen LogP contribution in [0.15, 0.2) is 140 Å². The molecule has 0 spiro atoms. The number of para-hydroxylation sites is 1. The van der Waals surface area contributed by atoms with Crippen LogP contribution < -0.4 is 54.4 Å². The fourth-order valence-electron chi connectivity index (χ4n) is 10.1. The SMILES string of the molecule is CC(C)[C@@H]1NC(=O)[C@H](CCCCN)NC(=O)[C@@H](Cc2c[nH]c3ccccc23)NC(=O)[C@H](Cc2ccc(O)cc2)NC(=O)[C@H](NC(=O)[C@@H](N)Cc2ccc3ccccc3c2)CSSC[C@@H](C(=O)N[C@H](Cc2ccc3ccccc3c2)C(N)=O)NC1=O. The Morgan fingerprint density at radius 2 is 1.19 bits per heavy atom. The number of amides is 8. The van der Waals surface area contributed by atoms with Crippen molar-refractivity contribution in [1.29, 1.82) is 0 Å². The van der Waals surface area contributed by atoms with Gasteiger partial charge in [0.05, 0.1) is 6.04 Å². The maximum absolute atomic E-state index is 15.0. The normalized spacial score (nSPS) is 20.3. The Kier molecular flexibility index (Phi) is 22.0. The second kappa shape index (κ2) is 29.9. The van der Waals surface area contributed by atoms with Crippen LogP contribution in [0.4, 0.5) is 0 Å². The molecule has 446 valence electrons. The van der Waals surface area contributed by atoms with Crippen molar-refractivity contribution < 1.29 is 43.5 Å². The van der Waals surface area contributed by atoms with Crippen LogP contribution in [0.1, 0.15) is 55.4 Å². The van der Waals surface area contributed by atoms with Gasteiger partial charge in [-0.2, -0.15) is 0 Å². The number of carbonyl (C=O) groups is 8. The average molecular weight is 1190 g/mol. The van der Waals surface area contributed by atoms with E-state index in [2.05, 4.69) is 42.2 Å². The molecule has 22 heteroatoms. The van der Waals surface area contributed by atoms with Gasteiger partial charge in [0.1, 0.15) is 48.0 Å². The number of nitrogens with two attached hydrogens (primary N) is 3. The van der Waals surface area contributed by atoms with E-state index in [1.165, 1.54) is 12.1 Å². The molecular formula is C63H73N11O9S2. The van der Waals surface area contributed by atoms with E-state index in [1.54, 1.807) is 32.2 Å². The number of rotatable bonds is 18. The standard InChI is InChI=1S/C63H73N11O9S2/c1-36(2)55-63(83)73-54(61(81)69-50(56(66)76)31-39-19-23-41-12-4-6-14-43(41)28-39)35-85-84-34-53(72-57(77)47(65)29-38-18-22-40-11-3-5-13-42(40)27-38)62(82)70-51(30-37-20-24-45(75)25-21-37)59(79)71-52(32-44-33-67-48-16-8-7-15-46(44)48)60(80)68-49(58(78)74-55)17-9-10-26-64/h3-8,11-16,18-25,27-28,33,36,47,49-55,67,75H,9-10,17,26,29-32,34-35,64-65H2,1-2H3,(H2,66,76)(H,68,80)(H,69,81)(H,70,82)(H,71,79)(H,72,77)(H,73,83)(H,74,78)/t47-,49-,50+,51-,52+,53+,54-,55-/m0/s1. The Balaban J connectivity index is 1.14. The molecule has 8 rings (SSSR count). The highest BCUT2D eigenvalue weighted by molar-refractivity contribution is 8.76. The summed E-state index contributed by atoms with van der Waals surface area (Å²) in [6, 6.07) is 29.7. The van der Waals surface area contributed by atoms with Crippen molar-refractivity contribution in [2.24, 2.45) is 23.1 Å². The minimum absolute atomic E-state index is 0.0182. The summed E-state index contributed by atoms with van der Waals surface area (Å²) in [7, 11) is 2.14. The van der Waals surface area contributed by atoms with Gasteiger partial charge in [-0.15, -0.1) is 0 Å². The Labute approximate surface area is 500 Å². The molecule has 1 aliphatic rings. The Morgan fingerprint density at radius 3 is 1.84 bits per heavy atom. The number of benzene rings is 6. The van der Waals surface area contributed by atoms with Gasteiger partial charge in [-0.05, 0) is 100 Å². The van der Waals surface area contributed by atoms with Crippen LogP contribution in [-0.4, -0.2) is 124 Å². The third-order valence-corrected chi connectivity index (χ3v) is 17.3. The molecule has 85 heavy (non-hydrogen) atoms. The van der Waals surface area contributed by atoms with Crippen LogP contribution in [0.3, 0.4) is 0 Å². The number of nitrogens with one attached hydrogen (secondary N) is 8. The largest absolute Gasteiger partial charge is 0.508 e. The number of unbranched alkanes of at least 4 members (excludes halogenated alkanes) is 1. The maximum atomic E-state index is 15.0. The Hall–Kier alpha value is -8.44. The molecule has 2 heterocycles. The summed E-state index contributed by atoms with van der Waals surface area (Å²) >= 11 is 0. The van der Waals surface area contributed by atoms with E-state index in [1.807, 2.05) is 109 Å². The van der Waals surface area contributed by atoms with E-state index in [0.717, 1.165) is 59.6 Å². The van der Waals surface area contributed by atoms with Crippen LogP contribution in [0.5, 0.6) is 5.75 Å². The predicted octanol–water partition coefficient (Wildman–Crippen LogP) is 3.84. The first-order chi connectivity index (χ1) is 40.9. The van der Waals surface area contributed by atoms with E-state index in [9.17, 15) is 43.5 Å². The quantitative estimate of drug-likeness (QED) is 0.0430. The highest BCUT2D eigenvalue weighted by atomic mass is 33.1. The lowest BCUT2D eigenvalue weighted by Crippen LogP contribution is -2.61. The van der Waals surface area contributed by atoms with Gasteiger partial charge in [0.25, 0.3) is 0 Å². The molecule has 8 amide bonds. The third kappa shape index (κ3) is 17.3. The Bertz CT molecular complexity index is 3530. The van der Waals surface area contributed by atoms with Crippen LogP contribution >= 0.6 is 21.6 Å². The first kappa shape index (κ1) is 62.6. The monoisotopic (exact) mass is 1190 g/mol. The molecular weight excluding hydrogens is 1120 g/mol. The molecule has 7 aromatic rings. The summed E-state index contributed by atoms with van der Waals surface area (Å²) in [5, 5.41) is 34.5. The highest BCUT2D eigenvalue weighted by Gasteiger charge is 2.36. The molecule has 1 aromatic heterocycles. The van der Waals surface area contributed by atoms with E-state index in [-0.39, 0.29) is 55.9 Å². The predicted molar refractivity (Wildman–Crippen MR) is 332 cm³/mol. The number of H-pyrrole nitrogens is 1. The van der Waals surface area contributed by atoms with E-state index in [4.69, 9.17) is 17.2 Å². The number of hydrogen-bond donors (Lipinski definition) is 12. The number of aromatic amines is 1. The number of fused-ring (bicyclic) bond motifs is 3. The summed E-state index contributed by atoms with van der Waals surface area (Å²) in [5.41, 5.74) is 21.8. The Morgan fingerprint density at radius 1 is 0.624 bits per heavy atom. The third-order valence-electron chi connectivity index (χ3n) is 14.9. The van der Waals surface area contributed by atoms with Gasteiger partial charge in [-0.1, -0.05) is 151 Å². The minimum Gasteiger partial charge on any atom is -0.508 e.